The SMILES string of the molecule is CC(C)CCCOc1ccc(N)c(C#N)c1. The van der Waals surface area contributed by atoms with Gasteiger partial charge in [0.05, 0.1) is 12.2 Å². The first kappa shape index (κ1) is 12.4. The molecular formula is C13H18N2O. The topological polar surface area (TPSA) is 59.0 Å². The molecule has 3 heteroatoms. The molecule has 0 aromatic heterocycles. The Morgan fingerprint density at radius 3 is 2.81 bits per heavy atom. The second kappa shape index (κ2) is 6.02. The molecule has 1 rings (SSSR count). The Morgan fingerprint density at radius 1 is 1.44 bits per heavy atom. The van der Waals surface area contributed by atoms with Gasteiger partial charge in [0, 0.05) is 5.69 Å². The fourth-order valence-electron chi connectivity index (χ4n) is 1.40. The monoisotopic (exact) mass is 218 g/mol. The molecule has 0 bridgehead atoms. The second-order valence-electron chi connectivity index (χ2n) is 4.25. The highest BCUT2D eigenvalue weighted by Gasteiger charge is 2.01. The van der Waals surface area contributed by atoms with Gasteiger partial charge in [-0.05, 0) is 37.0 Å². The van der Waals surface area contributed by atoms with Crippen molar-refractivity contribution in [2.75, 3.05) is 12.3 Å². The lowest BCUT2D eigenvalue weighted by Gasteiger charge is -2.08. The van der Waals surface area contributed by atoms with Gasteiger partial charge in [0.25, 0.3) is 0 Å². The first-order valence-electron chi connectivity index (χ1n) is 5.56. The third kappa shape index (κ3) is 3.82. The number of benzene rings is 1. The van der Waals surface area contributed by atoms with Crippen molar-refractivity contribution in [3.05, 3.63) is 23.8 Å². The number of nitrogens with two attached hydrogens (primary N) is 1. The zero-order chi connectivity index (χ0) is 12.0. The predicted octanol–water partition coefficient (Wildman–Crippen LogP) is 2.96. The van der Waals surface area contributed by atoms with Gasteiger partial charge in [-0.2, -0.15) is 5.26 Å². The fourth-order valence-corrected chi connectivity index (χ4v) is 1.40. The lowest BCUT2D eigenvalue weighted by atomic mass is 10.1. The average Bonchev–Trinajstić information content (AvgIpc) is 2.26. The second-order valence-corrected chi connectivity index (χ2v) is 4.25. The normalized spacial score (nSPS) is 10.1. The molecular weight excluding hydrogens is 200 g/mol. The number of rotatable bonds is 5. The fraction of sp³-hybridized carbons (Fsp3) is 0.462. The van der Waals surface area contributed by atoms with Crippen LogP contribution in [0.25, 0.3) is 0 Å². The third-order valence-corrected chi connectivity index (χ3v) is 2.34. The minimum Gasteiger partial charge on any atom is -0.494 e. The molecule has 3 nitrogen and oxygen atoms in total. The van der Waals surface area contributed by atoms with Crippen LogP contribution in [0, 0.1) is 17.2 Å². The minimum atomic E-state index is 0.473. The summed E-state index contributed by atoms with van der Waals surface area (Å²) in [5, 5.41) is 8.80. The first-order valence-corrected chi connectivity index (χ1v) is 5.56. The van der Waals surface area contributed by atoms with Crippen LogP contribution in [-0.2, 0) is 0 Å². The van der Waals surface area contributed by atoms with E-state index in [1.807, 2.05) is 6.07 Å². The largest absolute Gasteiger partial charge is 0.494 e. The summed E-state index contributed by atoms with van der Waals surface area (Å²) in [5.41, 5.74) is 6.59. The van der Waals surface area contributed by atoms with Crippen LogP contribution < -0.4 is 10.5 Å². The van der Waals surface area contributed by atoms with Gasteiger partial charge in [-0.1, -0.05) is 13.8 Å². The number of nitrogen functional groups attached to an aromatic ring is 1. The Hall–Kier alpha value is -1.69. The molecule has 0 aliphatic carbocycles. The van der Waals surface area contributed by atoms with E-state index in [0.29, 0.717) is 23.8 Å². The van der Waals surface area contributed by atoms with E-state index in [1.165, 1.54) is 0 Å². The summed E-state index contributed by atoms with van der Waals surface area (Å²) in [4.78, 5) is 0. The zero-order valence-electron chi connectivity index (χ0n) is 9.86. The highest BCUT2D eigenvalue weighted by atomic mass is 16.5. The lowest BCUT2D eigenvalue weighted by Crippen LogP contribution is -2.00. The summed E-state index contributed by atoms with van der Waals surface area (Å²) in [6.45, 7) is 5.07. The summed E-state index contributed by atoms with van der Waals surface area (Å²) in [5.74, 6) is 1.42. The highest BCUT2D eigenvalue weighted by molar-refractivity contribution is 5.56. The molecule has 0 saturated heterocycles. The van der Waals surface area contributed by atoms with Crippen LogP contribution in [0.2, 0.25) is 0 Å². The molecule has 0 aliphatic rings. The predicted molar refractivity (Wildman–Crippen MR) is 65.1 cm³/mol. The van der Waals surface area contributed by atoms with E-state index < -0.39 is 0 Å². The molecule has 16 heavy (non-hydrogen) atoms. The maximum absolute atomic E-state index is 8.80. The van der Waals surface area contributed by atoms with Crippen LogP contribution in [0.1, 0.15) is 32.3 Å². The third-order valence-electron chi connectivity index (χ3n) is 2.34. The number of nitrogens with zero attached hydrogens (tertiary/aromatic N) is 1. The molecule has 0 fully saturated rings. The quantitative estimate of drug-likeness (QED) is 0.610. The van der Waals surface area contributed by atoms with Gasteiger partial charge in [-0.3, -0.25) is 0 Å². The van der Waals surface area contributed by atoms with Gasteiger partial charge >= 0.3 is 0 Å². The molecule has 0 atom stereocenters. The number of hydrogen-bond donors (Lipinski definition) is 1. The highest BCUT2D eigenvalue weighted by Crippen LogP contribution is 2.19. The van der Waals surface area contributed by atoms with Crippen molar-refractivity contribution in [2.24, 2.45) is 5.92 Å². The average molecular weight is 218 g/mol. The Morgan fingerprint density at radius 2 is 2.19 bits per heavy atom. The summed E-state index contributed by atoms with van der Waals surface area (Å²) in [6, 6.07) is 7.23. The van der Waals surface area contributed by atoms with E-state index in [2.05, 4.69) is 13.8 Å². The van der Waals surface area contributed by atoms with Crippen molar-refractivity contribution in [3.63, 3.8) is 0 Å². The summed E-state index contributed by atoms with van der Waals surface area (Å²) >= 11 is 0. The molecule has 0 unspecified atom stereocenters. The van der Waals surface area contributed by atoms with Gasteiger partial charge < -0.3 is 10.5 Å². The Balaban J connectivity index is 2.46. The zero-order valence-corrected chi connectivity index (χ0v) is 9.86. The number of anilines is 1. The summed E-state index contributed by atoms with van der Waals surface area (Å²) in [7, 11) is 0. The Labute approximate surface area is 96.8 Å². The van der Waals surface area contributed by atoms with Crippen molar-refractivity contribution in [3.8, 4) is 11.8 Å². The van der Waals surface area contributed by atoms with Gasteiger partial charge in [-0.15, -0.1) is 0 Å². The maximum atomic E-state index is 8.80. The standard InChI is InChI=1S/C13H18N2O/c1-10(2)4-3-7-16-12-5-6-13(15)11(8-12)9-14/h5-6,8,10H,3-4,7,15H2,1-2H3. The molecule has 0 radical (unpaired) electrons. The van der Waals surface area contributed by atoms with Crippen LogP contribution >= 0.6 is 0 Å². The van der Waals surface area contributed by atoms with Gasteiger partial charge in [0.1, 0.15) is 11.8 Å². The van der Waals surface area contributed by atoms with E-state index >= 15 is 0 Å². The molecule has 0 amide bonds. The van der Waals surface area contributed by atoms with Gasteiger partial charge in [0.15, 0.2) is 0 Å². The Kier molecular flexibility index (Phi) is 4.65. The van der Waals surface area contributed by atoms with E-state index in [4.69, 9.17) is 15.7 Å². The molecule has 0 spiro atoms. The molecule has 0 heterocycles. The summed E-state index contributed by atoms with van der Waals surface area (Å²) in [6.07, 6.45) is 2.18. The number of hydrogen-bond acceptors (Lipinski definition) is 3. The first-order chi connectivity index (χ1) is 7.63. The Bertz CT molecular complexity index is 380. The van der Waals surface area contributed by atoms with Crippen LogP contribution in [0.15, 0.2) is 18.2 Å². The van der Waals surface area contributed by atoms with Crippen molar-refractivity contribution < 1.29 is 4.74 Å². The van der Waals surface area contributed by atoms with Crippen molar-refractivity contribution in [2.45, 2.75) is 26.7 Å². The molecule has 86 valence electrons. The van der Waals surface area contributed by atoms with Crippen molar-refractivity contribution in [1.29, 1.82) is 5.26 Å². The van der Waals surface area contributed by atoms with E-state index in [9.17, 15) is 0 Å². The smallest absolute Gasteiger partial charge is 0.120 e. The van der Waals surface area contributed by atoms with Crippen LogP contribution in [-0.4, -0.2) is 6.61 Å². The maximum Gasteiger partial charge on any atom is 0.120 e. The molecule has 2 N–H and O–H groups in total. The molecule has 1 aromatic carbocycles. The summed E-state index contributed by atoms with van der Waals surface area (Å²) < 4.78 is 5.55. The lowest BCUT2D eigenvalue weighted by molar-refractivity contribution is 0.297. The van der Waals surface area contributed by atoms with E-state index in [1.54, 1.807) is 18.2 Å². The van der Waals surface area contributed by atoms with Crippen molar-refractivity contribution >= 4 is 5.69 Å². The molecule has 0 aliphatic heterocycles. The van der Waals surface area contributed by atoms with Crippen LogP contribution in [0.4, 0.5) is 5.69 Å². The van der Waals surface area contributed by atoms with Gasteiger partial charge in [-0.25, -0.2) is 0 Å². The van der Waals surface area contributed by atoms with Crippen molar-refractivity contribution in [1.82, 2.24) is 0 Å². The van der Waals surface area contributed by atoms with E-state index in [0.717, 1.165) is 18.6 Å². The molecule has 1 aromatic rings. The van der Waals surface area contributed by atoms with Gasteiger partial charge in [0.2, 0.25) is 0 Å². The number of ether oxygens (including phenoxy) is 1. The van der Waals surface area contributed by atoms with Crippen LogP contribution in [0.3, 0.4) is 0 Å². The van der Waals surface area contributed by atoms with Crippen LogP contribution in [0.5, 0.6) is 5.75 Å². The minimum absolute atomic E-state index is 0.473. The molecule has 0 saturated carbocycles. The number of nitriles is 1. The van der Waals surface area contributed by atoms with E-state index in [-0.39, 0.29) is 0 Å².